The second kappa shape index (κ2) is 3.22. The van der Waals surface area contributed by atoms with Crippen molar-refractivity contribution >= 4 is 61.6 Å². The molecule has 0 N–H and O–H groups in total. The van der Waals surface area contributed by atoms with Gasteiger partial charge in [-0.1, -0.05) is 33.6 Å². The van der Waals surface area contributed by atoms with Crippen molar-refractivity contribution in [3.05, 3.63) is 27.7 Å². The lowest BCUT2D eigenvalue weighted by Gasteiger charge is -1.90. The topological polar surface area (TPSA) is 0 Å². The first-order valence-corrected chi connectivity index (χ1v) is 5.68. The summed E-state index contributed by atoms with van der Waals surface area (Å²) in [6, 6.07) is 6.03. The molecule has 62 valence electrons. The summed E-state index contributed by atoms with van der Waals surface area (Å²) in [7, 11) is 0. The molecule has 0 fully saturated rings. The van der Waals surface area contributed by atoms with E-state index in [-0.39, 0.29) is 0 Å². The number of thiophene rings is 1. The van der Waals surface area contributed by atoms with Gasteiger partial charge in [-0.05, 0) is 12.1 Å². The van der Waals surface area contributed by atoms with Crippen LogP contribution in [-0.4, -0.2) is 0 Å². The molecule has 0 radical (unpaired) electrons. The van der Waals surface area contributed by atoms with Gasteiger partial charge in [0.25, 0.3) is 0 Å². The maximum atomic E-state index is 6.01. The molecule has 0 unspecified atom stereocenters. The molecular formula is C8H4BrClS2. The number of halogens is 2. The SMILES string of the molecule is Sc1sc2cc(Br)ccc2c1Cl. The summed E-state index contributed by atoms with van der Waals surface area (Å²) >= 11 is 15.3. The molecule has 0 aliphatic rings. The van der Waals surface area contributed by atoms with Crippen LogP contribution in [0.25, 0.3) is 10.1 Å². The zero-order valence-electron chi connectivity index (χ0n) is 5.84. The second-order valence-corrected chi connectivity index (χ2v) is 5.46. The Labute approximate surface area is 93.1 Å². The van der Waals surface area contributed by atoms with Crippen molar-refractivity contribution in [3.63, 3.8) is 0 Å². The molecule has 4 heteroatoms. The Morgan fingerprint density at radius 1 is 1.42 bits per heavy atom. The fourth-order valence-electron chi connectivity index (χ4n) is 1.03. The van der Waals surface area contributed by atoms with E-state index in [1.807, 2.05) is 18.2 Å². The average Bonchev–Trinajstić information content (AvgIpc) is 2.28. The number of benzene rings is 1. The molecule has 0 bridgehead atoms. The monoisotopic (exact) mass is 278 g/mol. The van der Waals surface area contributed by atoms with E-state index in [9.17, 15) is 0 Å². The molecule has 0 saturated carbocycles. The van der Waals surface area contributed by atoms with Gasteiger partial charge in [0.05, 0.1) is 9.23 Å². The molecule has 0 spiro atoms. The van der Waals surface area contributed by atoms with Gasteiger partial charge in [0, 0.05) is 14.6 Å². The number of rotatable bonds is 0. The molecule has 0 aliphatic heterocycles. The van der Waals surface area contributed by atoms with Crippen LogP contribution in [0.1, 0.15) is 0 Å². The van der Waals surface area contributed by atoms with Gasteiger partial charge in [-0.2, -0.15) is 0 Å². The number of hydrogen-bond acceptors (Lipinski definition) is 2. The number of thiol groups is 1. The summed E-state index contributed by atoms with van der Waals surface area (Å²) in [5, 5.41) is 1.83. The molecule has 12 heavy (non-hydrogen) atoms. The lowest BCUT2D eigenvalue weighted by molar-refractivity contribution is 1.74. The first kappa shape index (κ1) is 8.88. The fraction of sp³-hybridized carbons (Fsp3) is 0. The molecule has 0 aliphatic carbocycles. The highest BCUT2D eigenvalue weighted by atomic mass is 79.9. The normalized spacial score (nSPS) is 10.9. The van der Waals surface area contributed by atoms with Crippen LogP contribution in [0, 0.1) is 0 Å². The maximum Gasteiger partial charge on any atom is 0.0767 e. The standard InChI is InChI=1S/C8H4BrClS2/c9-4-1-2-5-6(3-4)12-8(11)7(5)10/h1-3,11H. The van der Waals surface area contributed by atoms with E-state index in [1.54, 1.807) is 11.3 Å². The van der Waals surface area contributed by atoms with Gasteiger partial charge in [0.1, 0.15) is 0 Å². The Kier molecular flexibility index (Phi) is 2.38. The van der Waals surface area contributed by atoms with Crippen molar-refractivity contribution < 1.29 is 0 Å². The highest BCUT2D eigenvalue weighted by Gasteiger charge is 2.06. The lowest BCUT2D eigenvalue weighted by atomic mass is 10.3. The summed E-state index contributed by atoms with van der Waals surface area (Å²) in [5.41, 5.74) is 0. The summed E-state index contributed by atoms with van der Waals surface area (Å²) in [5.74, 6) is 0. The van der Waals surface area contributed by atoms with Gasteiger partial charge in [-0.3, -0.25) is 0 Å². The summed E-state index contributed by atoms with van der Waals surface area (Å²) in [4.78, 5) is 0. The third-order valence-corrected chi connectivity index (χ3v) is 4.16. The Hall–Kier alpha value is 0.300. The van der Waals surface area contributed by atoms with Crippen LogP contribution in [0.15, 0.2) is 26.9 Å². The Bertz CT molecular complexity index is 436. The quantitative estimate of drug-likeness (QED) is 0.669. The van der Waals surface area contributed by atoms with Gasteiger partial charge < -0.3 is 0 Å². The molecule has 0 saturated heterocycles. The Morgan fingerprint density at radius 2 is 2.17 bits per heavy atom. The smallest absolute Gasteiger partial charge is 0.0767 e. The van der Waals surface area contributed by atoms with Gasteiger partial charge in [0.2, 0.25) is 0 Å². The van der Waals surface area contributed by atoms with Gasteiger partial charge in [-0.25, -0.2) is 0 Å². The molecule has 0 atom stereocenters. The molecule has 1 heterocycles. The van der Waals surface area contributed by atoms with Gasteiger partial charge in [-0.15, -0.1) is 24.0 Å². The second-order valence-electron chi connectivity index (χ2n) is 2.36. The van der Waals surface area contributed by atoms with Crippen molar-refractivity contribution in [2.75, 3.05) is 0 Å². The average molecular weight is 280 g/mol. The predicted molar refractivity (Wildman–Crippen MR) is 61.8 cm³/mol. The highest BCUT2D eigenvalue weighted by molar-refractivity contribution is 9.10. The molecule has 0 amide bonds. The number of fused-ring (bicyclic) bond motifs is 1. The summed E-state index contributed by atoms with van der Waals surface area (Å²) < 4.78 is 3.12. The van der Waals surface area contributed by atoms with Crippen LogP contribution in [0.5, 0.6) is 0 Å². The fourth-order valence-corrected chi connectivity index (χ4v) is 3.16. The Balaban J connectivity index is 2.87. The minimum Gasteiger partial charge on any atom is -0.131 e. The van der Waals surface area contributed by atoms with Crippen LogP contribution in [0.4, 0.5) is 0 Å². The number of hydrogen-bond donors (Lipinski definition) is 1. The molecular weight excluding hydrogens is 276 g/mol. The van der Waals surface area contributed by atoms with Crippen LogP contribution < -0.4 is 0 Å². The zero-order chi connectivity index (χ0) is 8.72. The van der Waals surface area contributed by atoms with E-state index in [4.69, 9.17) is 11.6 Å². The minimum atomic E-state index is 0.755. The maximum absolute atomic E-state index is 6.01. The zero-order valence-corrected chi connectivity index (χ0v) is 9.90. The largest absolute Gasteiger partial charge is 0.131 e. The summed E-state index contributed by atoms with van der Waals surface area (Å²) in [6.07, 6.45) is 0. The van der Waals surface area contributed by atoms with Crippen molar-refractivity contribution in [2.45, 2.75) is 4.21 Å². The first-order chi connectivity index (χ1) is 5.68. The third kappa shape index (κ3) is 1.39. The van der Waals surface area contributed by atoms with Gasteiger partial charge >= 0.3 is 0 Å². The molecule has 1 aromatic heterocycles. The minimum absolute atomic E-state index is 0.755. The summed E-state index contributed by atoms with van der Waals surface area (Å²) in [6.45, 7) is 0. The lowest BCUT2D eigenvalue weighted by Crippen LogP contribution is -1.64. The van der Waals surface area contributed by atoms with E-state index >= 15 is 0 Å². The predicted octanol–water partition coefficient (Wildman–Crippen LogP) is 4.61. The van der Waals surface area contributed by atoms with E-state index in [2.05, 4.69) is 28.6 Å². The first-order valence-electron chi connectivity index (χ1n) is 3.25. The van der Waals surface area contributed by atoms with Crippen LogP contribution in [0.2, 0.25) is 5.02 Å². The third-order valence-electron chi connectivity index (χ3n) is 1.57. The highest BCUT2D eigenvalue weighted by Crippen LogP contribution is 2.38. The van der Waals surface area contributed by atoms with E-state index in [0.29, 0.717) is 0 Å². The Morgan fingerprint density at radius 3 is 2.92 bits per heavy atom. The molecule has 2 aromatic rings. The molecule has 0 nitrogen and oxygen atoms in total. The van der Waals surface area contributed by atoms with Crippen molar-refractivity contribution in [3.8, 4) is 0 Å². The van der Waals surface area contributed by atoms with E-state index < -0.39 is 0 Å². The van der Waals surface area contributed by atoms with Crippen molar-refractivity contribution in [2.24, 2.45) is 0 Å². The molecule has 1 aromatic carbocycles. The van der Waals surface area contributed by atoms with Crippen LogP contribution in [-0.2, 0) is 0 Å². The van der Waals surface area contributed by atoms with E-state index in [0.717, 1.165) is 19.1 Å². The van der Waals surface area contributed by atoms with Gasteiger partial charge in [0.15, 0.2) is 0 Å². The van der Waals surface area contributed by atoms with Crippen molar-refractivity contribution in [1.29, 1.82) is 0 Å². The molecule has 2 rings (SSSR count). The van der Waals surface area contributed by atoms with E-state index in [1.165, 1.54) is 4.70 Å². The van der Waals surface area contributed by atoms with Crippen LogP contribution >= 0.6 is 51.5 Å². The van der Waals surface area contributed by atoms with Crippen LogP contribution in [0.3, 0.4) is 0 Å². The van der Waals surface area contributed by atoms with Crippen molar-refractivity contribution in [1.82, 2.24) is 0 Å².